The van der Waals surface area contributed by atoms with Gasteiger partial charge in [0.05, 0.1) is 78.6 Å². The Bertz CT molecular complexity index is 4360. The molecule has 0 amide bonds. The highest BCUT2D eigenvalue weighted by Gasteiger charge is 2.40. The van der Waals surface area contributed by atoms with Gasteiger partial charge in [0.1, 0.15) is 23.9 Å². The molecule has 0 spiro atoms. The molecule has 4 N–H and O–H groups in total. The van der Waals surface area contributed by atoms with Crippen LogP contribution in [-0.4, -0.2) is 116 Å². The first-order chi connectivity index (χ1) is 47.0. The summed E-state index contributed by atoms with van der Waals surface area (Å²) in [6.07, 6.45) is 1.99. The zero-order valence-electron chi connectivity index (χ0n) is 62.0. The molecule has 6 aromatic rings. The van der Waals surface area contributed by atoms with Gasteiger partial charge in [-0.3, -0.25) is 14.2 Å². The number of carboxylic acids is 1. The van der Waals surface area contributed by atoms with E-state index in [4.69, 9.17) is 37.9 Å². The molecule has 0 unspecified atom stereocenters. The number of hydrogen-bond acceptors (Lipinski definition) is 17. The number of aliphatic carboxylic acids is 1. The van der Waals surface area contributed by atoms with Crippen molar-refractivity contribution < 1.29 is 82.6 Å². The van der Waals surface area contributed by atoms with Crippen molar-refractivity contribution in [2.45, 2.75) is 185 Å². The number of carbonyl (C=O) groups excluding carboxylic acids is 2. The van der Waals surface area contributed by atoms with Crippen LogP contribution in [0.1, 0.15) is 173 Å². The predicted octanol–water partition coefficient (Wildman–Crippen LogP) is 15.4. The maximum absolute atomic E-state index is 13.0. The van der Waals surface area contributed by atoms with Gasteiger partial charge in [-0.2, -0.15) is 0 Å². The van der Waals surface area contributed by atoms with Gasteiger partial charge in [-0.1, -0.05) is 102 Å². The molecule has 101 heavy (non-hydrogen) atoms. The summed E-state index contributed by atoms with van der Waals surface area (Å²) >= 11 is 0. The van der Waals surface area contributed by atoms with Crippen molar-refractivity contribution in [3.8, 4) is 50.6 Å². The number of nitrogens with one attached hydrogen (secondary N) is 3. The van der Waals surface area contributed by atoms with Crippen LogP contribution >= 0.6 is 0 Å². The largest absolute Gasteiger partial charge is 0.491 e. The third kappa shape index (κ3) is 20.4. The van der Waals surface area contributed by atoms with E-state index in [0.717, 1.165) is 50.1 Å². The van der Waals surface area contributed by atoms with E-state index in [-0.39, 0.29) is 29.6 Å². The minimum absolute atomic E-state index is 0.00224. The van der Waals surface area contributed by atoms with Crippen LogP contribution in [0.3, 0.4) is 0 Å². The molecule has 21 nitrogen and oxygen atoms in total. The van der Waals surface area contributed by atoms with Crippen LogP contribution in [0.4, 0.5) is 17.1 Å². The normalized spacial score (nSPS) is 16.9. The summed E-state index contributed by atoms with van der Waals surface area (Å²) in [4.78, 5) is 38.5. The fourth-order valence-corrected chi connectivity index (χ4v) is 15.8. The summed E-state index contributed by atoms with van der Waals surface area (Å²) in [5.74, 6) is -1.15. The van der Waals surface area contributed by atoms with Crippen molar-refractivity contribution in [2.75, 3.05) is 65.5 Å². The summed E-state index contributed by atoms with van der Waals surface area (Å²) in [5, 5.41) is 10.2. The number of ether oxygens (including phenoxy) is 8. The van der Waals surface area contributed by atoms with Crippen molar-refractivity contribution in [3.05, 3.63) is 152 Å². The van der Waals surface area contributed by atoms with Crippen LogP contribution in [0.5, 0.6) is 17.2 Å². The SMILES string of the molecule is COC(=O)[C@@H](OC(C)(C)C)c1c(C)c2c(c(C)c1-c1ccc(C)cc1)OC/C=C\CS(=O)(=O)N2.COC(=O)[C@@H](OC(C)(C)C)c1c(C)c2c(c(C)c1-c1ccc(C)cc1)OCCCCS(=O)(=O)N2.Cc1ccc(-c2c(C)c3c(c(C)c2[C@H](OC(C)(C)C)C(=O)O)NS(=O)(=O)CCCCO3)cc1. The Kier molecular flexibility index (Phi) is 25.9. The number of carbonyl (C=O) groups is 3. The monoisotopic (exact) mass is 1450 g/mol. The lowest BCUT2D eigenvalue weighted by Gasteiger charge is -2.31. The van der Waals surface area contributed by atoms with Gasteiger partial charge >= 0.3 is 17.9 Å². The zero-order valence-corrected chi connectivity index (χ0v) is 64.4. The number of benzene rings is 6. The predicted molar refractivity (Wildman–Crippen MR) is 397 cm³/mol. The van der Waals surface area contributed by atoms with E-state index in [0.29, 0.717) is 118 Å². The van der Waals surface area contributed by atoms with Crippen LogP contribution in [0.2, 0.25) is 0 Å². The molecule has 24 heteroatoms. The van der Waals surface area contributed by atoms with Gasteiger partial charge in [-0.25, -0.2) is 39.6 Å². The van der Waals surface area contributed by atoms with Gasteiger partial charge in [0.25, 0.3) is 0 Å². The van der Waals surface area contributed by atoms with Gasteiger partial charge in [0, 0.05) is 33.4 Å². The summed E-state index contributed by atoms with van der Waals surface area (Å²) in [7, 11) is -8.26. The molecule has 0 saturated carbocycles. The van der Waals surface area contributed by atoms with E-state index in [2.05, 4.69) is 14.2 Å². The summed E-state index contributed by atoms with van der Waals surface area (Å²) < 4.78 is 132. The zero-order chi connectivity index (χ0) is 75.1. The minimum atomic E-state index is -3.68. The first-order valence-corrected chi connectivity index (χ1v) is 38.6. The summed E-state index contributed by atoms with van der Waals surface area (Å²) in [5.41, 5.74) is 12.1. The van der Waals surface area contributed by atoms with Gasteiger partial charge in [0.2, 0.25) is 30.1 Å². The molecule has 3 atom stereocenters. The molecule has 6 aromatic carbocycles. The molecule has 3 aliphatic rings. The van der Waals surface area contributed by atoms with Crippen molar-refractivity contribution in [1.82, 2.24) is 0 Å². The maximum Gasteiger partial charge on any atom is 0.339 e. The Balaban J connectivity index is 0.000000213. The molecule has 0 fully saturated rings. The number of aryl methyl sites for hydroxylation is 3. The second-order valence-electron chi connectivity index (χ2n) is 28.7. The van der Waals surface area contributed by atoms with Gasteiger partial charge < -0.3 is 43.0 Å². The summed E-state index contributed by atoms with van der Waals surface area (Å²) in [6.45, 7) is 34.3. The second-order valence-corrected chi connectivity index (χ2v) is 34.1. The lowest BCUT2D eigenvalue weighted by atomic mass is 9.86. The average molecular weight is 1450 g/mol. The Labute approximate surface area is 597 Å². The van der Waals surface area contributed by atoms with E-state index in [1.54, 1.807) is 53.7 Å². The van der Waals surface area contributed by atoms with Crippen molar-refractivity contribution in [3.63, 3.8) is 0 Å². The Morgan fingerprint density at radius 3 is 1.02 bits per heavy atom. The topological polar surface area (TPSA) is 284 Å². The summed E-state index contributed by atoms with van der Waals surface area (Å²) in [6, 6.07) is 23.7. The van der Waals surface area contributed by atoms with E-state index in [1.807, 2.05) is 156 Å². The lowest BCUT2D eigenvalue weighted by molar-refractivity contribution is -0.164. The number of sulfonamides is 3. The van der Waals surface area contributed by atoms with Crippen LogP contribution in [-0.2, 0) is 68.1 Å². The van der Waals surface area contributed by atoms with E-state index >= 15 is 0 Å². The molecule has 3 heterocycles. The number of esters is 2. The number of fused-ring (bicyclic) bond motifs is 3. The van der Waals surface area contributed by atoms with Crippen LogP contribution < -0.4 is 28.4 Å². The minimum Gasteiger partial charge on any atom is -0.491 e. The Morgan fingerprint density at radius 2 is 0.713 bits per heavy atom. The van der Waals surface area contributed by atoms with Gasteiger partial charge in [0.15, 0.2) is 18.3 Å². The molecule has 3 aliphatic heterocycles. The lowest BCUT2D eigenvalue weighted by Crippen LogP contribution is -2.29. The van der Waals surface area contributed by atoms with Crippen molar-refractivity contribution in [1.29, 1.82) is 0 Å². The molecule has 0 aromatic heterocycles. The molecular weight excluding hydrogens is 1350 g/mol. The van der Waals surface area contributed by atoms with E-state index < -0.39 is 83.1 Å². The average Bonchev–Trinajstić information content (AvgIpc) is 1.37. The third-order valence-electron chi connectivity index (χ3n) is 16.9. The molecule has 0 aliphatic carbocycles. The molecule has 9 rings (SSSR count). The van der Waals surface area contributed by atoms with E-state index in [9.17, 15) is 44.7 Å². The second kappa shape index (κ2) is 32.5. The molecule has 0 radical (unpaired) electrons. The number of methoxy groups -OCH3 is 2. The third-order valence-corrected chi connectivity index (χ3v) is 20.8. The Morgan fingerprint density at radius 1 is 0.416 bits per heavy atom. The van der Waals surface area contributed by atoms with Gasteiger partial charge in [-0.05, 0) is 200 Å². The van der Waals surface area contributed by atoms with Crippen molar-refractivity contribution in [2.24, 2.45) is 0 Å². The number of anilines is 3. The van der Waals surface area contributed by atoms with Crippen LogP contribution in [0.25, 0.3) is 33.4 Å². The fraction of sp³-hybridized carbons (Fsp3) is 0.468. The number of hydrogen-bond donors (Lipinski definition) is 4. The fourth-order valence-electron chi connectivity index (χ4n) is 12.3. The Hall–Kier alpha value is -8.00. The van der Waals surface area contributed by atoms with Gasteiger partial charge in [-0.15, -0.1) is 0 Å². The van der Waals surface area contributed by atoms with Crippen LogP contribution in [0, 0.1) is 62.3 Å². The standard InChI is InChI=1S/C26H35NO6S.C26H33NO6S.C25H33NO6S/c2*1-16-10-12-19(13-11-16)20-18(3)23-22(27-34(29,30)15-9-8-14-32-23)17(2)21(20)24(25(28)31-7)33-26(4,5)6;1-15-9-11-18(12-10-15)19-17(3)22-21(26-33(29,30)14-8-7-13-31-22)16(2)20(19)23(24(27)28)32-25(4,5)6/h10-13,24,27H,8-9,14-15H2,1-7H3;8-13,24,27H,14-15H2,1-7H3;9-12,23,26H,7-8,13-14H2,1-6H3,(H,27,28)/b;9-8-;/t2*24-;23-/m000/s1. The highest BCUT2D eigenvalue weighted by Crippen LogP contribution is 2.51. The number of carboxylic acid groups (broad SMARTS) is 1. The highest BCUT2D eigenvalue weighted by atomic mass is 32.2. The molecule has 0 bridgehead atoms. The van der Waals surface area contributed by atoms with Crippen LogP contribution in [0.15, 0.2) is 84.9 Å². The smallest absolute Gasteiger partial charge is 0.339 e. The maximum atomic E-state index is 13.0. The molecule has 0 saturated heterocycles. The molecule has 550 valence electrons. The van der Waals surface area contributed by atoms with E-state index in [1.165, 1.54) is 14.2 Å². The quantitative estimate of drug-likeness (QED) is 0.0654. The molecular formula is C77H101N3O18S3. The van der Waals surface area contributed by atoms with Crippen molar-refractivity contribution >= 4 is 65.0 Å². The first-order valence-electron chi connectivity index (χ1n) is 33.7. The number of rotatable bonds is 12. The first kappa shape index (κ1) is 80.3. The highest BCUT2D eigenvalue weighted by molar-refractivity contribution is 7.93.